The first-order valence-electron chi connectivity index (χ1n) is 8.59. The van der Waals surface area contributed by atoms with Gasteiger partial charge in [0.2, 0.25) is 0 Å². The average molecular weight is 335 g/mol. The molecule has 5 heteroatoms. The van der Waals surface area contributed by atoms with Crippen LogP contribution in [-0.4, -0.2) is 45.7 Å². The van der Waals surface area contributed by atoms with Crippen LogP contribution in [0.4, 0.5) is 0 Å². The zero-order valence-electron chi connectivity index (χ0n) is 14.4. The molecule has 1 aliphatic rings. The second-order valence-electron chi connectivity index (χ2n) is 6.63. The first kappa shape index (κ1) is 15.8. The van der Waals surface area contributed by atoms with E-state index in [1.807, 2.05) is 78.1 Å². The molecule has 4 rings (SSSR count). The molecule has 2 aromatic heterocycles. The van der Waals surface area contributed by atoms with Crippen LogP contribution in [0.15, 0.2) is 54.9 Å². The quantitative estimate of drug-likeness (QED) is 0.722. The predicted molar refractivity (Wildman–Crippen MR) is 96.5 cm³/mol. The topological polar surface area (TPSA) is 46.8 Å². The van der Waals surface area contributed by atoms with Crippen molar-refractivity contribution in [1.29, 1.82) is 0 Å². The molecule has 3 heterocycles. The van der Waals surface area contributed by atoms with E-state index in [-0.39, 0.29) is 18.1 Å². The number of fused-ring (bicyclic) bond motifs is 1. The van der Waals surface area contributed by atoms with Crippen molar-refractivity contribution in [3.8, 4) is 11.1 Å². The van der Waals surface area contributed by atoms with Gasteiger partial charge < -0.3 is 9.64 Å². The number of hydrogen-bond acceptors (Lipinski definition) is 3. The molecule has 2 atom stereocenters. The third kappa shape index (κ3) is 3.03. The van der Waals surface area contributed by atoms with Crippen molar-refractivity contribution < 1.29 is 9.53 Å². The van der Waals surface area contributed by atoms with Gasteiger partial charge in [0.1, 0.15) is 0 Å². The Hall–Kier alpha value is -2.66. The number of carbonyl (C=O) groups excluding carboxylic acids is 1. The van der Waals surface area contributed by atoms with Crippen LogP contribution >= 0.6 is 0 Å². The summed E-state index contributed by atoms with van der Waals surface area (Å²) >= 11 is 0. The molecule has 0 saturated carbocycles. The van der Waals surface area contributed by atoms with Crippen molar-refractivity contribution in [1.82, 2.24) is 14.5 Å². The van der Waals surface area contributed by atoms with Crippen LogP contribution < -0.4 is 0 Å². The third-order valence-corrected chi connectivity index (χ3v) is 4.58. The van der Waals surface area contributed by atoms with Gasteiger partial charge in [-0.2, -0.15) is 5.10 Å². The Bertz CT molecular complexity index is 891. The molecule has 128 valence electrons. The highest BCUT2D eigenvalue weighted by Crippen LogP contribution is 2.25. The number of hydrogen-bond donors (Lipinski definition) is 0. The molecule has 25 heavy (non-hydrogen) atoms. The highest BCUT2D eigenvalue weighted by molar-refractivity contribution is 5.95. The molecule has 3 aromatic rings. The minimum Gasteiger partial charge on any atom is -0.372 e. The van der Waals surface area contributed by atoms with Gasteiger partial charge in [-0.05, 0) is 43.7 Å². The fourth-order valence-electron chi connectivity index (χ4n) is 3.48. The maximum atomic E-state index is 12.8. The van der Waals surface area contributed by atoms with E-state index < -0.39 is 0 Å². The van der Waals surface area contributed by atoms with Crippen molar-refractivity contribution in [2.75, 3.05) is 13.1 Å². The maximum absolute atomic E-state index is 12.8. The van der Waals surface area contributed by atoms with E-state index in [4.69, 9.17) is 4.74 Å². The predicted octanol–water partition coefficient (Wildman–Crippen LogP) is 3.25. The van der Waals surface area contributed by atoms with Crippen LogP contribution in [0.5, 0.6) is 0 Å². The molecular weight excluding hydrogens is 314 g/mol. The van der Waals surface area contributed by atoms with Crippen molar-refractivity contribution in [3.05, 3.63) is 60.4 Å². The highest BCUT2D eigenvalue weighted by atomic mass is 16.5. The van der Waals surface area contributed by atoms with E-state index in [9.17, 15) is 4.79 Å². The summed E-state index contributed by atoms with van der Waals surface area (Å²) in [4.78, 5) is 14.6. The monoisotopic (exact) mass is 335 g/mol. The molecule has 0 bridgehead atoms. The van der Waals surface area contributed by atoms with Gasteiger partial charge in [-0.15, -0.1) is 0 Å². The number of morpholine rings is 1. The fraction of sp³-hybridized carbons (Fsp3) is 0.300. The molecule has 0 unspecified atom stereocenters. The Morgan fingerprint density at radius 3 is 2.52 bits per heavy atom. The summed E-state index contributed by atoms with van der Waals surface area (Å²) < 4.78 is 7.56. The fourth-order valence-corrected chi connectivity index (χ4v) is 3.48. The van der Waals surface area contributed by atoms with Crippen LogP contribution in [0.2, 0.25) is 0 Å². The van der Waals surface area contributed by atoms with Gasteiger partial charge in [0.15, 0.2) is 0 Å². The van der Waals surface area contributed by atoms with Crippen LogP contribution in [-0.2, 0) is 4.74 Å². The number of ether oxygens (including phenoxy) is 1. The number of amides is 1. The van der Waals surface area contributed by atoms with Crippen LogP contribution in [0.1, 0.15) is 24.2 Å². The average Bonchev–Trinajstić information content (AvgIpc) is 3.04. The smallest absolute Gasteiger partial charge is 0.254 e. The number of carbonyl (C=O) groups is 1. The van der Waals surface area contributed by atoms with Crippen molar-refractivity contribution in [2.24, 2.45) is 0 Å². The van der Waals surface area contributed by atoms with Gasteiger partial charge in [0.25, 0.3) is 5.91 Å². The molecule has 1 fully saturated rings. The molecule has 5 nitrogen and oxygen atoms in total. The largest absolute Gasteiger partial charge is 0.372 e. The second-order valence-corrected chi connectivity index (χ2v) is 6.63. The minimum absolute atomic E-state index is 0.0633. The zero-order valence-corrected chi connectivity index (χ0v) is 14.4. The Morgan fingerprint density at radius 2 is 1.80 bits per heavy atom. The molecule has 1 saturated heterocycles. The van der Waals surface area contributed by atoms with Gasteiger partial charge in [0, 0.05) is 30.4 Å². The maximum Gasteiger partial charge on any atom is 0.254 e. The number of pyridine rings is 1. The Labute approximate surface area is 146 Å². The first-order valence-corrected chi connectivity index (χ1v) is 8.59. The summed E-state index contributed by atoms with van der Waals surface area (Å²) in [6, 6.07) is 13.8. The van der Waals surface area contributed by atoms with E-state index >= 15 is 0 Å². The van der Waals surface area contributed by atoms with Crippen molar-refractivity contribution in [2.45, 2.75) is 26.1 Å². The molecule has 0 spiro atoms. The van der Waals surface area contributed by atoms with E-state index in [1.54, 1.807) is 0 Å². The Kier molecular flexibility index (Phi) is 4.01. The van der Waals surface area contributed by atoms with Crippen LogP contribution in [0, 0.1) is 0 Å². The van der Waals surface area contributed by atoms with E-state index in [0.717, 1.165) is 16.6 Å². The van der Waals surface area contributed by atoms with Crippen molar-refractivity contribution in [3.63, 3.8) is 0 Å². The number of rotatable bonds is 2. The summed E-state index contributed by atoms with van der Waals surface area (Å²) in [6.07, 6.45) is 3.94. The molecule has 1 aliphatic heterocycles. The lowest BCUT2D eigenvalue weighted by Gasteiger charge is -2.35. The SMILES string of the molecule is C[C@@H]1CN(C(=O)c2ccc(-c3cnn4ccccc34)cc2)C[C@H](C)O1. The lowest BCUT2D eigenvalue weighted by atomic mass is 10.0. The molecule has 1 aromatic carbocycles. The Morgan fingerprint density at radius 1 is 1.08 bits per heavy atom. The van der Waals surface area contributed by atoms with Gasteiger partial charge >= 0.3 is 0 Å². The van der Waals surface area contributed by atoms with E-state index in [2.05, 4.69) is 5.10 Å². The Balaban J connectivity index is 1.59. The molecule has 0 radical (unpaired) electrons. The summed E-state index contributed by atoms with van der Waals surface area (Å²) in [6.45, 7) is 5.28. The molecule has 0 N–H and O–H groups in total. The van der Waals surface area contributed by atoms with Crippen LogP contribution in [0.3, 0.4) is 0 Å². The highest BCUT2D eigenvalue weighted by Gasteiger charge is 2.26. The van der Waals surface area contributed by atoms with Gasteiger partial charge in [-0.25, -0.2) is 4.52 Å². The van der Waals surface area contributed by atoms with E-state index in [1.165, 1.54) is 0 Å². The third-order valence-electron chi connectivity index (χ3n) is 4.58. The molecule has 1 amide bonds. The van der Waals surface area contributed by atoms with Gasteiger partial charge in [0.05, 0.1) is 23.9 Å². The lowest BCUT2D eigenvalue weighted by molar-refractivity contribution is -0.0586. The normalized spacial score (nSPS) is 20.8. The number of aromatic nitrogens is 2. The lowest BCUT2D eigenvalue weighted by Crippen LogP contribution is -2.48. The minimum atomic E-state index is 0.0633. The summed E-state index contributed by atoms with van der Waals surface area (Å²) in [5.41, 5.74) is 3.88. The van der Waals surface area contributed by atoms with Gasteiger partial charge in [-0.3, -0.25) is 4.79 Å². The first-order chi connectivity index (χ1) is 12.1. The van der Waals surface area contributed by atoms with Gasteiger partial charge in [-0.1, -0.05) is 18.2 Å². The molecule has 0 aliphatic carbocycles. The zero-order chi connectivity index (χ0) is 17.4. The van der Waals surface area contributed by atoms with Crippen molar-refractivity contribution >= 4 is 11.4 Å². The summed E-state index contributed by atoms with van der Waals surface area (Å²) in [5, 5.41) is 4.37. The number of nitrogens with zero attached hydrogens (tertiary/aromatic N) is 3. The number of benzene rings is 1. The molecular formula is C20H21N3O2. The standard InChI is InChI=1S/C20H21N3O2/c1-14-12-22(13-15(2)25-14)20(24)17-8-6-16(7-9-17)18-11-21-23-10-4-3-5-19(18)23/h3-11,14-15H,12-13H2,1-2H3/t14-,15+. The van der Waals surface area contributed by atoms with E-state index in [0.29, 0.717) is 18.7 Å². The summed E-state index contributed by atoms with van der Waals surface area (Å²) in [7, 11) is 0. The van der Waals surface area contributed by atoms with Crippen LogP contribution in [0.25, 0.3) is 16.6 Å². The second kappa shape index (κ2) is 6.33. The summed E-state index contributed by atoms with van der Waals surface area (Å²) in [5.74, 6) is 0.0633.